The highest BCUT2D eigenvalue weighted by molar-refractivity contribution is 7.92. The van der Waals surface area contributed by atoms with Gasteiger partial charge in [0.1, 0.15) is 5.75 Å². The van der Waals surface area contributed by atoms with Gasteiger partial charge in [-0.15, -0.1) is 0 Å². The first-order chi connectivity index (χ1) is 16.2. The van der Waals surface area contributed by atoms with E-state index in [0.717, 1.165) is 41.0 Å². The van der Waals surface area contributed by atoms with Crippen molar-refractivity contribution in [3.63, 3.8) is 0 Å². The molecule has 0 unspecified atom stereocenters. The molecule has 178 valence electrons. The summed E-state index contributed by atoms with van der Waals surface area (Å²) in [6, 6.07) is 13.8. The molecule has 0 spiro atoms. The zero-order chi connectivity index (χ0) is 24.5. The molecule has 0 bridgehead atoms. The Hall–Kier alpha value is -3.39. The van der Waals surface area contributed by atoms with Crippen molar-refractivity contribution in [2.75, 3.05) is 25.0 Å². The normalized spacial score (nSPS) is 13.4. The van der Waals surface area contributed by atoms with Crippen molar-refractivity contribution in [3.8, 4) is 5.75 Å². The van der Waals surface area contributed by atoms with Crippen LogP contribution >= 0.6 is 0 Å². The van der Waals surface area contributed by atoms with Crippen LogP contribution in [0.1, 0.15) is 39.2 Å². The number of ether oxygens (including phenoxy) is 1. The van der Waals surface area contributed by atoms with E-state index >= 15 is 0 Å². The van der Waals surface area contributed by atoms with Crippen molar-refractivity contribution >= 4 is 21.6 Å². The number of hydrogen-bond acceptors (Lipinski definition) is 5. The van der Waals surface area contributed by atoms with Gasteiger partial charge in [0, 0.05) is 36.5 Å². The third kappa shape index (κ3) is 4.37. The number of aromatic nitrogens is 1. The van der Waals surface area contributed by atoms with Crippen LogP contribution in [0.15, 0.2) is 59.6 Å². The molecule has 8 heteroatoms. The van der Waals surface area contributed by atoms with Crippen LogP contribution in [0.5, 0.6) is 5.75 Å². The molecule has 3 aromatic rings. The van der Waals surface area contributed by atoms with Gasteiger partial charge in [0.05, 0.1) is 29.9 Å². The lowest BCUT2D eigenvalue weighted by molar-refractivity contribution is 0.0783. The Labute approximate surface area is 201 Å². The summed E-state index contributed by atoms with van der Waals surface area (Å²) in [6.07, 6.45) is 3.33. The zero-order valence-corrected chi connectivity index (χ0v) is 20.7. The van der Waals surface area contributed by atoms with Gasteiger partial charge in [-0.05, 0) is 56.5 Å². The maximum absolute atomic E-state index is 13.5. The number of fused-ring (bicyclic) bond motifs is 1. The van der Waals surface area contributed by atoms with Crippen LogP contribution in [0.25, 0.3) is 0 Å². The second-order valence-corrected chi connectivity index (χ2v) is 10.4. The van der Waals surface area contributed by atoms with Crippen LogP contribution in [0, 0.1) is 13.8 Å². The zero-order valence-electron chi connectivity index (χ0n) is 19.9. The van der Waals surface area contributed by atoms with Gasteiger partial charge in [0.15, 0.2) is 0 Å². The fourth-order valence-corrected chi connectivity index (χ4v) is 6.00. The summed E-state index contributed by atoms with van der Waals surface area (Å²) in [5.74, 6) is 0.470. The number of amides is 1. The SMILES string of the molecule is COc1c(C)cnc(CN(C)C(=O)c2cccc(S(=O)(=O)N3CCCc4ccccc43)c2)c1C. The predicted octanol–water partition coefficient (Wildman–Crippen LogP) is 4.12. The maximum atomic E-state index is 13.5. The van der Waals surface area contributed by atoms with E-state index in [-0.39, 0.29) is 17.3 Å². The highest BCUT2D eigenvalue weighted by atomic mass is 32.2. The molecular weight excluding hydrogens is 450 g/mol. The van der Waals surface area contributed by atoms with Crippen LogP contribution < -0.4 is 9.04 Å². The molecule has 1 aliphatic heterocycles. The van der Waals surface area contributed by atoms with Crippen molar-refractivity contribution in [1.82, 2.24) is 9.88 Å². The highest BCUT2D eigenvalue weighted by Gasteiger charge is 2.29. The minimum atomic E-state index is -3.80. The van der Waals surface area contributed by atoms with Crippen molar-refractivity contribution in [3.05, 3.63) is 82.7 Å². The van der Waals surface area contributed by atoms with Gasteiger partial charge >= 0.3 is 0 Å². The number of carbonyl (C=O) groups is 1. The molecule has 7 nitrogen and oxygen atoms in total. The molecule has 0 fully saturated rings. The third-order valence-corrected chi connectivity index (χ3v) is 8.03. The molecule has 4 rings (SSSR count). The number of para-hydroxylation sites is 1. The second kappa shape index (κ2) is 9.46. The van der Waals surface area contributed by atoms with Crippen molar-refractivity contribution in [2.45, 2.75) is 38.1 Å². The summed E-state index contributed by atoms with van der Waals surface area (Å²) < 4.78 is 33.9. The smallest absolute Gasteiger partial charge is 0.264 e. The Bertz CT molecular complexity index is 1340. The van der Waals surface area contributed by atoms with E-state index in [1.807, 2.05) is 38.1 Å². The number of hydrogen-bond donors (Lipinski definition) is 0. The maximum Gasteiger partial charge on any atom is 0.264 e. The molecular formula is C26H29N3O4S. The van der Waals surface area contributed by atoms with E-state index in [9.17, 15) is 13.2 Å². The Morgan fingerprint density at radius 1 is 1.15 bits per heavy atom. The number of pyridine rings is 1. The van der Waals surface area contributed by atoms with Gasteiger partial charge in [-0.2, -0.15) is 0 Å². The number of sulfonamides is 1. The second-order valence-electron chi connectivity index (χ2n) is 8.54. The first-order valence-electron chi connectivity index (χ1n) is 11.2. The summed E-state index contributed by atoms with van der Waals surface area (Å²) in [6.45, 7) is 4.52. The van der Waals surface area contributed by atoms with Crippen molar-refractivity contribution in [2.24, 2.45) is 0 Å². The minimum Gasteiger partial charge on any atom is -0.496 e. The molecule has 0 atom stereocenters. The fraction of sp³-hybridized carbons (Fsp3) is 0.308. The lowest BCUT2D eigenvalue weighted by Crippen LogP contribution is -2.35. The number of rotatable bonds is 6. The monoisotopic (exact) mass is 479 g/mol. The lowest BCUT2D eigenvalue weighted by atomic mass is 10.0. The van der Waals surface area contributed by atoms with Crippen LogP contribution in [0.3, 0.4) is 0 Å². The number of anilines is 1. The number of nitrogens with zero attached hydrogens (tertiary/aromatic N) is 3. The van der Waals surface area contributed by atoms with E-state index in [1.165, 1.54) is 15.3 Å². The van der Waals surface area contributed by atoms with Crippen molar-refractivity contribution < 1.29 is 17.9 Å². The Kier molecular flexibility index (Phi) is 6.61. The fourth-order valence-electron chi connectivity index (χ4n) is 4.41. The van der Waals surface area contributed by atoms with Gasteiger partial charge in [-0.25, -0.2) is 8.42 Å². The quantitative estimate of drug-likeness (QED) is 0.531. The Balaban J connectivity index is 1.60. The largest absolute Gasteiger partial charge is 0.496 e. The Morgan fingerprint density at radius 3 is 2.68 bits per heavy atom. The van der Waals surface area contributed by atoms with Crippen LogP contribution in [0.4, 0.5) is 5.69 Å². The van der Waals surface area contributed by atoms with Gasteiger partial charge in [-0.1, -0.05) is 24.3 Å². The molecule has 34 heavy (non-hydrogen) atoms. The molecule has 0 aliphatic carbocycles. The highest BCUT2D eigenvalue weighted by Crippen LogP contribution is 2.32. The van der Waals surface area contributed by atoms with E-state index < -0.39 is 10.0 Å². The third-order valence-electron chi connectivity index (χ3n) is 6.22. The van der Waals surface area contributed by atoms with Gasteiger partial charge < -0.3 is 9.64 Å². The summed E-state index contributed by atoms with van der Waals surface area (Å²) in [5, 5.41) is 0. The van der Waals surface area contributed by atoms with Gasteiger partial charge in [0.2, 0.25) is 0 Å². The summed E-state index contributed by atoms with van der Waals surface area (Å²) >= 11 is 0. The number of aryl methyl sites for hydroxylation is 2. The van der Waals surface area contributed by atoms with Crippen molar-refractivity contribution in [1.29, 1.82) is 0 Å². The standard InChI is InChI=1S/C26H29N3O4S/c1-18-16-27-23(19(2)25(18)33-4)17-28(3)26(30)21-10-7-12-22(15-21)34(31,32)29-14-8-11-20-9-5-6-13-24(20)29/h5-7,9-10,12-13,15-16H,8,11,14,17H2,1-4H3. The molecule has 1 aliphatic rings. The molecule has 2 aromatic carbocycles. The van der Waals surface area contributed by atoms with Crippen LogP contribution in [-0.2, 0) is 23.0 Å². The topological polar surface area (TPSA) is 79.8 Å². The van der Waals surface area contributed by atoms with Crippen LogP contribution in [-0.4, -0.2) is 44.9 Å². The average Bonchev–Trinajstić information content (AvgIpc) is 2.85. The van der Waals surface area contributed by atoms with E-state index in [1.54, 1.807) is 38.6 Å². The minimum absolute atomic E-state index is 0.106. The molecule has 0 saturated carbocycles. The average molecular weight is 480 g/mol. The number of carbonyl (C=O) groups excluding carboxylic acids is 1. The molecule has 2 heterocycles. The van der Waals surface area contributed by atoms with E-state index in [2.05, 4.69) is 4.98 Å². The number of methoxy groups -OCH3 is 1. The lowest BCUT2D eigenvalue weighted by Gasteiger charge is -2.30. The predicted molar refractivity (Wildman–Crippen MR) is 132 cm³/mol. The summed E-state index contributed by atoms with van der Waals surface area (Å²) in [7, 11) is -0.513. The first kappa shape index (κ1) is 23.8. The van der Waals surface area contributed by atoms with E-state index in [4.69, 9.17) is 4.74 Å². The Morgan fingerprint density at radius 2 is 1.91 bits per heavy atom. The summed E-state index contributed by atoms with van der Waals surface area (Å²) in [5.41, 5.74) is 4.56. The van der Waals surface area contributed by atoms with E-state index in [0.29, 0.717) is 17.8 Å². The van der Waals surface area contributed by atoms with Gasteiger partial charge in [-0.3, -0.25) is 14.1 Å². The molecule has 0 radical (unpaired) electrons. The molecule has 1 amide bonds. The molecule has 1 aromatic heterocycles. The van der Waals surface area contributed by atoms with Crippen LogP contribution in [0.2, 0.25) is 0 Å². The van der Waals surface area contributed by atoms with Gasteiger partial charge in [0.25, 0.3) is 15.9 Å². The number of benzene rings is 2. The first-order valence-corrected chi connectivity index (χ1v) is 12.6. The molecule has 0 saturated heterocycles. The molecule has 0 N–H and O–H groups in total. The summed E-state index contributed by atoms with van der Waals surface area (Å²) in [4.78, 5) is 19.3.